The second kappa shape index (κ2) is 2.49. The zero-order valence-corrected chi connectivity index (χ0v) is 7.15. The van der Waals surface area contributed by atoms with Crippen molar-refractivity contribution in [3.63, 3.8) is 0 Å². The topological polar surface area (TPSA) is 26.3 Å². The molecule has 0 saturated heterocycles. The Morgan fingerprint density at radius 2 is 2.50 bits per heavy atom. The van der Waals surface area contributed by atoms with Crippen LogP contribution in [0.5, 0.6) is 0 Å². The first-order chi connectivity index (χ1) is 4.61. The van der Waals surface area contributed by atoms with Crippen LogP contribution in [0.25, 0.3) is 0 Å². The van der Waals surface area contributed by atoms with Crippen molar-refractivity contribution in [2.45, 2.75) is 23.8 Å². The van der Waals surface area contributed by atoms with Crippen LogP contribution in [0.15, 0.2) is 0 Å². The number of hydrogen-bond donors (Lipinski definition) is 0. The third-order valence-electron chi connectivity index (χ3n) is 1.43. The van der Waals surface area contributed by atoms with Crippen molar-refractivity contribution >= 4 is 21.9 Å². The van der Waals surface area contributed by atoms with E-state index in [0.29, 0.717) is 6.61 Å². The first kappa shape index (κ1) is 7.98. The summed E-state index contributed by atoms with van der Waals surface area (Å²) in [6.07, 6.45) is -0.821. The van der Waals surface area contributed by atoms with Crippen molar-refractivity contribution in [2.24, 2.45) is 0 Å². The lowest BCUT2D eigenvalue weighted by molar-refractivity contribution is -0.143. The van der Waals surface area contributed by atoms with Crippen molar-refractivity contribution in [2.75, 3.05) is 6.61 Å². The summed E-state index contributed by atoms with van der Waals surface area (Å²) in [4.78, 5) is 10.8. The number of alkyl halides is 2. The van der Waals surface area contributed by atoms with Gasteiger partial charge in [-0.3, -0.25) is 4.79 Å². The molecule has 1 aliphatic carbocycles. The van der Waals surface area contributed by atoms with Gasteiger partial charge in [-0.25, -0.2) is 4.39 Å². The Balaban J connectivity index is 2.43. The number of ether oxygens (including phenoxy) is 1. The molecule has 1 aliphatic rings. The quantitative estimate of drug-likeness (QED) is 0.510. The molecule has 2 unspecified atom stereocenters. The maximum absolute atomic E-state index is 12.4. The molecular weight excluding hydrogens is 203 g/mol. The lowest BCUT2D eigenvalue weighted by Gasteiger charge is -2.04. The average Bonchev–Trinajstić information content (AvgIpc) is 2.43. The second-order valence-electron chi connectivity index (χ2n) is 2.25. The number of halogens is 2. The maximum atomic E-state index is 12.4. The van der Waals surface area contributed by atoms with E-state index in [9.17, 15) is 9.18 Å². The van der Waals surface area contributed by atoms with Gasteiger partial charge in [0.1, 0.15) is 6.17 Å². The van der Waals surface area contributed by atoms with E-state index in [4.69, 9.17) is 0 Å². The van der Waals surface area contributed by atoms with Crippen LogP contribution in [-0.4, -0.2) is 23.1 Å². The SMILES string of the molecule is CCOC(=O)C1(Br)CC1F. The highest BCUT2D eigenvalue weighted by Gasteiger charge is 2.61. The molecule has 0 radical (unpaired) electrons. The number of hydrogen-bond acceptors (Lipinski definition) is 2. The van der Waals surface area contributed by atoms with E-state index < -0.39 is 16.5 Å². The Labute approximate surface area is 66.9 Å². The van der Waals surface area contributed by atoms with Crippen molar-refractivity contribution in [1.29, 1.82) is 0 Å². The summed E-state index contributed by atoms with van der Waals surface area (Å²) < 4.78 is 16.0. The summed E-state index contributed by atoms with van der Waals surface area (Å²) in [7, 11) is 0. The lowest BCUT2D eigenvalue weighted by Crippen LogP contribution is -2.21. The van der Waals surface area contributed by atoms with Crippen LogP contribution < -0.4 is 0 Å². The average molecular weight is 211 g/mol. The number of carbonyl (C=O) groups excluding carboxylic acids is 1. The molecule has 10 heavy (non-hydrogen) atoms. The highest BCUT2D eigenvalue weighted by atomic mass is 79.9. The Kier molecular flexibility index (Phi) is 1.99. The molecule has 2 nitrogen and oxygen atoms in total. The first-order valence-electron chi connectivity index (χ1n) is 3.11. The van der Waals surface area contributed by atoms with E-state index >= 15 is 0 Å². The number of carbonyl (C=O) groups is 1. The maximum Gasteiger partial charge on any atom is 0.325 e. The van der Waals surface area contributed by atoms with Gasteiger partial charge in [-0.15, -0.1) is 0 Å². The Hall–Kier alpha value is -0.120. The third-order valence-corrected chi connectivity index (χ3v) is 2.57. The highest BCUT2D eigenvalue weighted by molar-refractivity contribution is 9.10. The predicted octanol–water partition coefficient (Wildman–Crippen LogP) is 1.43. The van der Waals surface area contributed by atoms with Crippen molar-refractivity contribution in [3.8, 4) is 0 Å². The van der Waals surface area contributed by atoms with Gasteiger partial charge in [-0.05, 0) is 6.92 Å². The normalized spacial score (nSPS) is 37.3. The van der Waals surface area contributed by atoms with Gasteiger partial charge < -0.3 is 4.74 Å². The standard InChI is InChI=1S/C6H8BrFO2/c1-2-10-5(9)6(7)3-4(6)8/h4H,2-3H2,1H3. The minimum atomic E-state index is -1.06. The molecule has 2 atom stereocenters. The molecule has 1 rings (SSSR count). The Bertz CT molecular complexity index is 162. The van der Waals surface area contributed by atoms with Gasteiger partial charge >= 0.3 is 5.97 Å². The summed E-state index contributed by atoms with van der Waals surface area (Å²) in [5.41, 5.74) is 0. The Morgan fingerprint density at radius 3 is 2.80 bits per heavy atom. The fourth-order valence-electron chi connectivity index (χ4n) is 0.664. The van der Waals surface area contributed by atoms with Gasteiger partial charge in [0.2, 0.25) is 0 Å². The zero-order valence-electron chi connectivity index (χ0n) is 5.56. The number of esters is 1. The summed E-state index contributed by atoms with van der Waals surface area (Å²) in [5, 5.41) is 0. The van der Waals surface area contributed by atoms with E-state index in [1.54, 1.807) is 6.92 Å². The molecule has 0 aliphatic heterocycles. The van der Waals surface area contributed by atoms with Gasteiger partial charge in [0.05, 0.1) is 6.61 Å². The van der Waals surface area contributed by atoms with E-state index in [1.165, 1.54) is 0 Å². The number of rotatable bonds is 2. The molecular formula is C6H8BrFO2. The molecule has 4 heteroatoms. The molecule has 0 aromatic rings. The van der Waals surface area contributed by atoms with Gasteiger partial charge in [0.15, 0.2) is 4.32 Å². The third kappa shape index (κ3) is 1.17. The van der Waals surface area contributed by atoms with Crippen LogP contribution in [0.3, 0.4) is 0 Å². The summed E-state index contributed by atoms with van der Waals surface area (Å²) in [5.74, 6) is -0.484. The van der Waals surface area contributed by atoms with Gasteiger partial charge in [-0.2, -0.15) is 0 Å². The highest BCUT2D eigenvalue weighted by Crippen LogP contribution is 2.48. The molecule has 0 aromatic heterocycles. The molecule has 0 aromatic carbocycles. The first-order valence-corrected chi connectivity index (χ1v) is 3.90. The van der Waals surface area contributed by atoms with Gasteiger partial charge in [0, 0.05) is 6.42 Å². The van der Waals surface area contributed by atoms with E-state index in [1.807, 2.05) is 0 Å². The van der Waals surface area contributed by atoms with Crippen LogP contribution in [0.2, 0.25) is 0 Å². The lowest BCUT2D eigenvalue weighted by atomic mass is 10.4. The Morgan fingerprint density at radius 1 is 2.00 bits per heavy atom. The van der Waals surface area contributed by atoms with Crippen molar-refractivity contribution < 1.29 is 13.9 Å². The minimum Gasteiger partial charge on any atom is -0.465 e. The minimum absolute atomic E-state index is 0.242. The van der Waals surface area contributed by atoms with E-state index in [-0.39, 0.29) is 6.42 Å². The zero-order chi connectivity index (χ0) is 7.78. The molecule has 0 amide bonds. The largest absolute Gasteiger partial charge is 0.465 e. The molecule has 0 N–H and O–H groups in total. The van der Waals surface area contributed by atoms with E-state index in [2.05, 4.69) is 20.7 Å². The van der Waals surface area contributed by atoms with Gasteiger partial charge in [-0.1, -0.05) is 15.9 Å². The van der Waals surface area contributed by atoms with Crippen molar-refractivity contribution in [1.82, 2.24) is 0 Å². The second-order valence-corrected chi connectivity index (χ2v) is 3.67. The van der Waals surface area contributed by atoms with Crippen LogP contribution >= 0.6 is 15.9 Å². The van der Waals surface area contributed by atoms with Crippen LogP contribution in [-0.2, 0) is 9.53 Å². The molecule has 0 spiro atoms. The molecule has 58 valence electrons. The smallest absolute Gasteiger partial charge is 0.325 e. The predicted molar refractivity (Wildman–Crippen MR) is 37.8 cm³/mol. The molecule has 1 saturated carbocycles. The molecule has 0 heterocycles. The van der Waals surface area contributed by atoms with Crippen LogP contribution in [0, 0.1) is 0 Å². The monoisotopic (exact) mass is 210 g/mol. The van der Waals surface area contributed by atoms with Crippen LogP contribution in [0.4, 0.5) is 4.39 Å². The van der Waals surface area contributed by atoms with Crippen LogP contribution in [0.1, 0.15) is 13.3 Å². The fourth-order valence-corrected chi connectivity index (χ4v) is 1.06. The summed E-state index contributed by atoms with van der Waals surface area (Å²) in [6, 6.07) is 0. The molecule has 1 fully saturated rings. The summed E-state index contributed by atoms with van der Waals surface area (Å²) in [6.45, 7) is 2.00. The van der Waals surface area contributed by atoms with Crippen molar-refractivity contribution in [3.05, 3.63) is 0 Å². The van der Waals surface area contributed by atoms with Gasteiger partial charge in [0.25, 0.3) is 0 Å². The summed E-state index contributed by atoms with van der Waals surface area (Å²) >= 11 is 2.97. The molecule has 0 bridgehead atoms. The fraction of sp³-hybridized carbons (Fsp3) is 0.833. The van der Waals surface area contributed by atoms with E-state index in [0.717, 1.165) is 0 Å².